The number of likely N-dealkylation sites (N-methyl/N-ethyl adjacent to an activating group) is 1. The summed E-state index contributed by atoms with van der Waals surface area (Å²) >= 11 is 6.06. The number of aromatic nitrogens is 2. The molecule has 0 spiro atoms. The van der Waals surface area contributed by atoms with Crippen molar-refractivity contribution in [1.29, 1.82) is 0 Å². The molecule has 1 aliphatic rings. The van der Waals surface area contributed by atoms with Crippen molar-refractivity contribution >= 4 is 17.3 Å². The van der Waals surface area contributed by atoms with E-state index in [1.165, 1.54) is 4.68 Å². The van der Waals surface area contributed by atoms with E-state index in [-0.39, 0.29) is 16.7 Å². The fourth-order valence-electron chi connectivity index (χ4n) is 2.05. The van der Waals surface area contributed by atoms with Gasteiger partial charge in [0.1, 0.15) is 5.02 Å². The van der Waals surface area contributed by atoms with Crippen LogP contribution in [0.25, 0.3) is 0 Å². The van der Waals surface area contributed by atoms with Crippen molar-refractivity contribution in [3.8, 4) is 0 Å². The zero-order chi connectivity index (χ0) is 14.5. The highest BCUT2D eigenvalue weighted by molar-refractivity contribution is 6.32. The molecule has 1 aliphatic heterocycles. The van der Waals surface area contributed by atoms with Crippen molar-refractivity contribution in [1.82, 2.24) is 14.7 Å². The molecule has 1 unspecified atom stereocenters. The average Bonchev–Trinajstić information content (AvgIpc) is 2.43. The number of ether oxygens (including phenoxy) is 1. The minimum absolute atomic E-state index is 0.0837. The predicted molar refractivity (Wildman–Crippen MR) is 79.4 cm³/mol. The minimum Gasteiger partial charge on any atom is -0.380 e. The summed E-state index contributed by atoms with van der Waals surface area (Å²) in [6, 6.07) is 0. The van der Waals surface area contributed by atoms with E-state index in [1.54, 1.807) is 12.3 Å². The van der Waals surface area contributed by atoms with Crippen LogP contribution in [0.2, 0.25) is 5.02 Å². The predicted octanol–water partition coefficient (Wildman–Crippen LogP) is 0.825. The lowest BCUT2D eigenvalue weighted by Gasteiger charge is -2.30. The van der Waals surface area contributed by atoms with Crippen LogP contribution < -0.4 is 10.9 Å². The Morgan fingerprint density at radius 1 is 1.70 bits per heavy atom. The Bertz CT molecular complexity index is 532. The van der Waals surface area contributed by atoms with Crippen LogP contribution in [0.1, 0.15) is 0 Å². The molecule has 1 fully saturated rings. The number of nitrogens with one attached hydrogen (secondary N) is 1. The molecule has 1 atom stereocenters. The first-order valence-corrected chi connectivity index (χ1v) is 6.90. The van der Waals surface area contributed by atoms with E-state index in [2.05, 4.69) is 28.9 Å². The highest BCUT2D eigenvalue weighted by Crippen LogP contribution is 2.15. The van der Waals surface area contributed by atoms with Gasteiger partial charge in [-0.05, 0) is 7.05 Å². The van der Waals surface area contributed by atoms with E-state index in [4.69, 9.17) is 16.3 Å². The molecule has 2 rings (SSSR count). The standard InChI is InChI=1S/C13H19ClN4O2/c1-3-4-18-13(19)12(14)11(8-16-18)15-7-10-9-17(2)5-6-20-10/h3,8,10,15H,1,4-7,9H2,2H3. The van der Waals surface area contributed by atoms with Crippen LogP contribution in [0.4, 0.5) is 5.69 Å². The van der Waals surface area contributed by atoms with Crippen LogP contribution in [0.5, 0.6) is 0 Å². The maximum Gasteiger partial charge on any atom is 0.287 e. The Morgan fingerprint density at radius 3 is 3.20 bits per heavy atom. The number of morpholine rings is 1. The molecule has 1 aromatic rings. The third kappa shape index (κ3) is 3.59. The highest BCUT2D eigenvalue weighted by atomic mass is 35.5. The minimum atomic E-state index is -0.321. The summed E-state index contributed by atoms with van der Waals surface area (Å²) < 4.78 is 6.91. The van der Waals surface area contributed by atoms with Gasteiger partial charge in [-0.25, -0.2) is 4.68 Å². The molecule has 1 aromatic heterocycles. The third-order valence-electron chi connectivity index (χ3n) is 3.15. The third-order valence-corrected chi connectivity index (χ3v) is 3.51. The number of hydrogen-bond donors (Lipinski definition) is 1. The van der Waals surface area contributed by atoms with Gasteiger partial charge in [0.2, 0.25) is 0 Å². The summed E-state index contributed by atoms with van der Waals surface area (Å²) in [6.07, 6.45) is 3.24. The molecule has 20 heavy (non-hydrogen) atoms. The SMILES string of the molecule is C=CCn1ncc(NCC2CN(C)CCO2)c(Cl)c1=O. The topological polar surface area (TPSA) is 59.4 Å². The Labute approximate surface area is 123 Å². The zero-order valence-electron chi connectivity index (χ0n) is 11.5. The van der Waals surface area contributed by atoms with E-state index in [0.717, 1.165) is 19.7 Å². The average molecular weight is 299 g/mol. The molecule has 0 aromatic carbocycles. The summed E-state index contributed by atoms with van der Waals surface area (Å²) in [5.74, 6) is 0. The number of halogens is 1. The van der Waals surface area contributed by atoms with Crippen LogP contribution in [-0.4, -0.2) is 54.1 Å². The summed E-state index contributed by atoms with van der Waals surface area (Å²) in [5, 5.41) is 7.31. The van der Waals surface area contributed by atoms with Gasteiger partial charge in [0.25, 0.3) is 5.56 Å². The highest BCUT2D eigenvalue weighted by Gasteiger charge is 2.18. The quantitative estimate of drug-likeness (QED) is 0.816. The van der Waals surface area contributed by atoms with Gasteiger partial charge >= 0.3 is 0 Å². The Kier molecular flexibility index (Phi) is 5.17. The molecule has 1 N–H and O–H groups in total. The smallest absolute Gasteiger partial charge is 0.287 e. The van der Waals surface area contributed by atoms with Crippen molar-refractivity contribution in [2.45, 2.75) is 12.6 Å². The first-order chi connectivity index (χ1) is 9.61. The van der Waals surface area contributed by atoms with E-state index >= 15 is 0 Å². The van der Waals surface area contributed by atoms with E-state index < -0.39 is 0 Å². The maximum absolute atomic E-state index is 11.9. The van der Waals surface area contributed by atoms with Gasteiger partial charge in [-0.15, -0.1) is 6.58 Å². The lowest BCUT2D eigenvalue weighted by atomic mass is 10.3. The van der Waals surface area contributed by atoms with Crippen molar-refractivity contribution in [2.24, 2.45) is 0 Å². The Hall–Kier alpha value is -1.37. The summed E-state index contributed by atoms with van der Waals surface area (Å²) in [7, 11) is 2.06. The number of hydrogen-bond acceptors (Lipinski definition) is 5. The molecule has 1 saturated heterocycles. The number of anilines is 1. The van der Waals surface area contributed by atoms with Crippen LogP contribution in [-0.2, 0) is 11.3 Å². The van der Waals surface area contributed by atoms with Gasteiger partial charge in [0.05, 0.1) is 31.1 Å². The fraction of sp³-hybridized carbons (Fsp3) is 0.538. The molecule has 7 heteroatoms. The van der Waals surface area contributed by atoms with Crippen LogP contribution in [0.3, 0.4) is 0 Å². The molecular formula is C13H19ClN4O2. The summed E-state index contributed by atoms with van der Waals surface area (Å²) in [5.41, 5.74) is 0.215. The van der Waals surface area contributed by atoms with Gasteiger partial charge in [0, 0.05) is 19.6 Å². The first kappa shape index (κ1) is 15.0. The van der Waals surface area contributed by atoms with Crippen molar-refractivity contribution < 1.29 is 4.74 Å². The monoisotopic (exact) mass is 298 g/mol. The van der Waals surface area contributed by atoms with Gasteiger partial charge in [0.15, 0.2) is 0 Å². The van der Waals surface area contributed by atoms with Crippen molar-refractivity contribution in [3.63, 3.8) is 0 Å². The molecule has 2 heterocycles. The Balaban J connectivity index is 2.01. The second-order valence-electron chi connectivity index (χ2n) is 4.78. The summed E-state index contributed by atoms with van der Waals surface area (Å²) in [6.45, 7) is 7.02. The van der Waals surface area contributed by atoms with E-state index in [1.807, 2.05) is 0 Å². The molecule has 0 saturated carbocycles. The summed E-state index contributed by atoms with van der Waals surface area (Å²) in [4.78, 5) is 14.1. The largest absolute Gasteiger partial charge is 0.380 e. The zero-order valence-corrected chi connectivity index (χ0v) is 12.3. The van der Waals surface area contributed by atoms with Gasteiger partial charge in [-0.2, -0.15) is 5.10 Å². The van der Waals surface area contributed by atoms with E-state index in [0.29, 0.717) is 18.8 Å². The number of nitrogens with zero attached hydrogens (tertiary/aromatic N) is 3. The number of allylic oxidation sites excluding steroid dienone is 1. The van der Waals surface area contributed by atoms with Gasteiger partial charge in [-0.1, -0.05) is 17.7 Å². The molecule has 6 nitrogen and oxygen atoms in total. The van der Waals surface area contributed by atoms with Crippen LogP contribution in [0.15, 0.2) is 23.6 Å². The second-order valence-corrected chi connectivity index (χ2v) is 5.16. The molecule has 0 bridgehead atoms. The fourth-order valence-corrected chi connectivity index (χ4v) is 2.27. The first-order valence-electron chi connectivity index (χ1n) is 6.52. The normalized spacial score (nSPS) is 19.8. The van der Waals surface area contributed by atoms with Gasteiger partial charge < -0.3 is 15.0 Å². The lowest BCUT2D eigenvalue weighted by molar-refractivity contribution is -0.0117. The van der Waals surface area contributed by atoms with Crippen molar-refractivity contribution in [3.05, 3.63) is 34.2 Å². The lowest BCUT2D eigenvalue weighted by Crippen LogP contribution is -2.43. The maximum atomic E-state index is 11.9. The molecule has 0 aliphatic carbocycles. The van der Waals surface area contributed by atoms with Crippen LogP contribution in [0, 0.1) is 0 Å². The molecule has 0 amide bonds. The van der Waals surface area contributed by atoms with Crippen LogP contribution >= 0.6 is 11.6 Å². The van der Waals surface area contributed by atoms with Gasteiger partial charge in [-0.3, -0.25) is 4.79 Å². The Morgan fingerprint density at radius 2 is 2.50 bits per heavy atom. The number of rotatable bonds is 5. The molecular weight excluding hydrogens is 280 g/mol. The van der Waals surface area contributed by atoms with Crippen molar-refractivity contribution in [2.75, 3.05) is 38.6 Å². The molecule has 110 valence electrons. The second kappa shape index (κ2) is 6.88. The van der Waals surface area contributed by atoms with E-state index in [9.17, 15) is 4.79 Å². The molecule has 0 radical (unpaired) electrons.